The van der Waals surface area contributed by atoms with Crippen molar-refractivity contribution in [3.63, 3.8) is 0 Å². The van der Waals surface area contributed by atoms with Gasteiger partial charge in [-0.1, -0.05) is 35.8 Å². The van der Waals surface area contributed by atoms with E-state index in [1.807, 2.05) is 13.0 Å². The summed E-state index contributed by atoms with van der Waals surface area (Å²) in [6.45, 7) is 12.1. The first-order chi connectivity index (χ1) is 20.5. The number of amides is 1. The predicted octanol–water partition coefficient (Wildman–Crippen LogP) is 3.24. The number of nitrogens with zero attached hydrogens (tertiary/aromatic N) is 2. The number of aliphatic hydroxyl groups is 1. The quantitative estimate of drug-likeness (QED) is 0.155. The summed E-state index contributed by atoms with van der Waals surface area (Å²) >= 11 is 0. The Morgan fingerprint density at radius 3 is 2.47 bits per heavy atom. The first-order valence-electron chi connectivity index (χ1n) is 15.9. The van der Waals surface area contributed by atoms with Crippen LogP contribution >= 0.6 is 0 Å². The average Bonchev–Trinajstić information content (AvgIpc) is 2.96. The highest BCUT2D eigenvalue weighted by Gasteiger charge is 2.48. The van der Waals surface area contributed by atoms with Crippen LogP contribution in [0.2, 0.25) is 0 Å². The molecule has 0 radical (unpaired) electrons. The van der Waals surface area contributed by atoms with Crippen LogP contribution in [0.15, 0.2) is 39.9 Å². The number of nitrogens with one attached hydrogen (secondary N) is 1. The van der Waals surface area contributed by atoms with Crippen LogP contribution in [0.4, 0.5) is 0 Å². The van der Waals surface area contributed by atoms with Crippen molar-refractivity contribution < 1.29 is 24.1 Å². The third-order valence-electron chi connectivity index (χ3n) is 8.36. The Bertz CT molecular complexity index is 961. The molecule has 1 amide bonds. The molecule has 246 valence electrons. The lowest BCUT2D eigenvalue weighted by atomic mass is 9.83. The zero-order chi connectivity index (χ0) is 31.9. The van der Waals surface area contributed by atoms with Crippen molar-refractivity contribution in [3.05, 3.63) is 34.9 Å². The van der Waals surface area contributed by atoms with Gasteiger partial charge in [-0.2, -0.15) is 0 Å². The van der Waals surface area contributed by atoms with E-state index in [0.29, 0.717) is 13.0 Å². The number of ether oxygens (including phenoxy) is 3. The van der Waals surface area contributed by atoms with E-state index < -0.39 is 36.7 Å². The van der Waals surface area contributed by atoms with Gasteiger partial charge in [-0.3, -0.25) is 9.79 Å². The fourth-order valence-electron chi connectivity index (χ4n) is 5.63. The van der Waals surface area contributed by atoms with Crippen LogP contribution in [0.5, 0.6) is 0 Å². The number of hydrogen-bond donors (Lipinski definition) is 4. The molecule has 2 aliphatic rings. The predicted molar refractivity (Wildman–Crippen MR) is 174 cm³/mol. The number of allylic oxidation sites excluding steroid dienone is 6. The van der Waals surface area contributed by atoms with Crippen LogP contribution in [-0.4, -0.2) is 105 Å². The molecule has 0 aromatic rings. The Kier molecular flexibility index (Phi) is 16.9. The van der Waals surface area contributed by atoms with Gasteiger partial charge in [0.1, 0.15) is 18.8 Å². The van der Waals surface area contributed by atoms with Crippen molar-refractivity contribution >= 4 is 12.1 Å². The van der Waals surface area contributed by atoms with Crippen molar-refractivity contribution in [3.8, 4) is 0 Å². The second kappa shape index (κ2) is 19.5. The second-order valence-electron chi connectivity index (χ2n) is 12.3. The summed E-state index contributed by atoms with van der Waals surface area (Å²) in [5.41, 5.74) is 16.7. The van der Waals surface area contributed by atoms with Crippen molar-refractivity contribution in [2.24, 2.45) is 16.5 Å². The fraction of sp³-hybridized carbons (Fsp3) is 0.758. The summed E-state index contributed by atoms with van der Waals surface area (Å²) in [5, 5.41) is 14.7. The third-order valence-corrected chi connectivity index (χ3v) is 8.36. The molecule has 0 aromatic carbocycles. The fourth-order valence-corrected chi connectivity index (χ4v) is 5.63. The number of aliphatic imine (C=N–C) groups is 1. The van der Waals surface area contributed by atoms with E-state index in [1.54, 1.807) is 20.4 Å². The van der Waals surface area contributed by atoms with Crippen LogP contribution in [0.25, 0.3) is 0 Å². The van der Waals surface area contributed by atoms with Gasteiger partial charge in [0, 0.05) is 33.0 Å². The summed E-state index contributed by atoms with van der Waals surface area (Å²) in [6, 6.07) is -1.49. The van der Waals surface area contributed by atoms with Crippen LogP contribution in [0.3, 0.4) is 0 Å². The van der Waals surface area contributed by atoms with E-state index in [-0.39, 0.29) is 24.6 Å². The van der Waals surface area contributed by atoms with Crippen molar-refractivity contribution in [2.45, 2.75) is 128 Å². The maximum atomic E-state index is 13.1. The van der Waals surface area contributed by atoms with Crippen LogP contribution < -0.4 is 16.8 Å². The maximum Gasteiger partial charge on any atom is 0.244 e. The van der Waals surface area contributed by atoms with E-state index in [1.165, 1.54) is 21.6 Å². The molecule has 8 atom stereocenters. The smallest absolute Gasteiger partial charge is 0.244 e. The third kappa shape index (κ3) is 12.5. The minimum absolute atomic E-state index is 0.0257. The van der Waals surface area contributed by atoms with Gasteiger partial charge in [0.2, 0.25) is 5.91 Å². The minimum atomic E-state index is -1.09. The molecule has 1 saturated heterocycles. The van der Waals surface area contributed by atoms with E-state index >= 15 is 0 Å². The summed E-state index contributed by atoms with van der Waals surface area (Å²) in [7, 11) is 3.22. The lowest BCUT2D eigenvalue weighted by molar-refractivity contribution is -0.254. The number of methoxy groups -OCH3 is 1. The van der Waals surface area contributed by atoms with Gasteiger partial charge in [-0.25, -0.2) is 0 Å². The SMILES string of the molecule is CCNCC1CC[C@@H](N)[C@@H](O[C@H]2C(N)C[C@H](OC)C(N(C)C(=O)CN=C/C=C(\C)CC/C=C(\C)CCC=C(C)C)[C@@H]2O)O1. The van der Waals surface area contributed by atoms with E-state index in [2.05, 4.69) is 50.2 Å². The number of likely N-dealkylation sites (N-methyl/N-ethyl adjacent to an activating group) is 2. The molecule has 0 bridgehead atoms. The molecule has 1 aliphatic carbocycles. The maximum absolute atomic E-state index is 13.1. The Morgan fingerprint density at radius 1 is 1.09 bits per heavy atom. The summed E-state index contributed by atoms with van der Waals surface area (Å²) < 4.78 is 18.0. The Hall–Kier alpha value is -1.92. The molecular weight excluding hydrogens is 546 g/mol. The molecule has 2 rings (SSSR count). The molecule has 10 nitrogen and oxygen atoms in total. The molecule has 1 saturated carbocycles. The van der Waals surface area contributed by atoms with E-state index in [4.69, 9.17) is 25.7 Å². The Balaban J connectivity index is 1.94. The van der Waals surface area contributed by atoms with Crippen LogP contribution in [-0.2, 0) is 19.0 Å². The van der Waals surface area contributed by atoms with Crippen molar-refractivity contribution in [1.29, 1.82) is 0 Å². The highest BCUT2D eigenvalue weighted by molar-refractivity contribution is 5.81. The molecule has 10 heteroatoms. The molecule has 1 aliphatic heterocycles. The average molecular weight is 606 g/mol. The molecule has 2 fully saturated rings. The number of carbonyl (C=O) groups excluding carboxylic acids is 1. The van der Waals surface area contributed by atoms with Gasteiger partial charge in [0.15, 0.2) is 6.29 Å². The molecule has 0 aromatic heterocycles. The van der Waals surface area contributed by atoms with Crippen LogP contribution in [0.1, 0.15) is 79.6 Å². The zero-order valence-corrected chi connectivity index (χ0v) is 27.6. The molecule has 43 heavy (non-hydrogen) atoms. The molecule has 3 unspecified atom stereocenters. The molecular formula is C33H59N5O5. The summed E-state index contributed by atoms with van der Waals surface area (Å²) in [5.74, 6) is -0.228. The highest BCUT2D eigenvalue weighted by atomic mass is 16.7. The second-order valence-corrected chi connectivity index (χ2v) is 12.3. The Labute approximate surface area is 260 Å². The van der Waals surface area contributed by atoms with Gasteiger partial charge in [-0.15, -0.1) is 0 Å². The van der Waals surface area contributed by atoms with Gasteiger partial charge >= 0.3 is 0 Å². The standard InChI is InChI=1S/C33H59N5O5/c1-8-36-20-25-15-16-26(34)33(42-25)43-32-27(35)19-28(41-7)30(31(32)40)38(6)29(39)21-37-18-17-24(5)14-10-13-23(4)12-9-11-22(2)3/h11,13,17-18,25-28,30-33,36,40H,8-10,12,14-16,19-21,34-35H2,1-7H3/b23-13+,24-17+,37-18?/t25?,26-,27?,28+,30?,31+,32+,33-/m1/s1. The summed E-state index contributed by atoms with van der Waals surface area (Å²) in [6.07, 6.45) is 11.3. The van der Waals surface area contributed by atoms with Gasteiger partial charge < -0.3 is 41.0 Å². The molecule has 0 spiro atoms. The topological polar surface area (TPSA) is 145 Å². The molecule has 1 heterocycles. The molecule has 6 N–H and O–H groups in total. The first-order valence-corrected chi connectivity index (χ1v) is 15.9. The highest BCUT2D eigenvalue weighted by Crippen LogP contribution is 2.30. The monoisotopic (exact) mass is 605 g/mol. The van der Waals surface area contributed by atoms with E-state index in [0.717, 1.165) is 45.1 Å². The number of aliphatic hydroxyl groups excluding tert-OH is 1. The van der Waals surface area contributed by atoms with Crippen molar-refractivity contribution in [2.75, 3.05) is 33.8 Å². The van der Waals surface area contributed by atoms with Crippen LogP contribution in [0, 0.1) is 0 Å². The normalized spacial score (nSPS) is 30.5. The number of rotatable bonds is 16. The van der Waals surface area contributed by atoms with E-state index in [9.17, 15) is 9.90 Å². The first kappa shape index (κ1) is 37.3. The number of carbonyl (C=O) groups is 1. The van der Waals surface area contributed by atoms with Gasteiger partial charge in [0.25, 0.3) is 0 Å². The lowest BCUT2D eigenvalue weighted by Crippen LogP contribution is -2.66. The largest absolute Gasteiger partial charge is 0.388 e. The van der Waals surface area contributed by atoms with Gasteiger partial charge in [-0.05, 0) is 85.3 Å². The van der Waals surface area contributed by atoms with Gasteiger partial charge in [0.05, 0.1) is 24.3 Å². The minimum Gasteiger partial charge on any atom is -0.388 e. The number of hydrogen-bond acceptors (Lipinski definition) is 9. The zero-order valence-electron chi connectivity index (χ0n) is 27.6. The number of nitrogens with two attached hydrogens (primary N) is 2. The Morgan fingerprint density at radius 2 is 1.79 bits per heavy atom. The summed E-state index contributed by atoms with van der Waals surface area (Å²) in [4.78, 5) is 19.0. The lowest BCUT2D eigenvalue weighted by Gasteiger charge is -2.48. The van der Waals surface area contributed by atoms with Crippen molar-refractivity contribution in [1.82, 2.24) is 10.2 Å².